The Morgan fingerprint density at radius 1 is 1.07 bits per heavy atom. The number of carbonyl (C=O) groups excluding carboxylic acids is 1. The molecule has 1 aliphatic heterocycles. The van der Waals surface area contributed by atoms with E-state index in [0.29, 0.717) is 47.1 Å². The number of piperazine rings is 1. The molecule has 1 aromatic heterocycles. The molecule has 0 unspecified atom stereocenters. The molecule has 1 fully saturated rings. The fourth-order valence-electron chi connectivity index (χ4n) is 3.02. The van der Waals surface area contributed by atoms with Crippen LogP contribution < -0.4 is 9.62 Å². The third-order valence-electron chi connectivity index (χ3n) is 4.51. The molecule has 0 spiro atoms. The van der Waals surface area contributed by atoms with Gasteiger partial charge in [0.1, 0.15) is 5.82 Å². The number of hydrogen-bond donors (Lipinski definition) is 1. The largest absolute Gasteiger partial charge is 0.352 e. The molecule has 2 heterocycles. The fraction of sp³-hybridized carbons (Fsp3) is 0.333. The summed E-state index contributed by atoms with van der Waals surface area (Å²) >= 11 is 17.9. The van der Waals surface area contributed by atoms with E-state index in [1.54, 1.807) is 11.0 Å². The van der Waals surface area contributed by atoms with Crippen LogP contribution in [0.25, 0.3) is 0 Å². The number of aromatic nitrogens is 1. The van der Waals surface area contributed by atoms with Crippen molar-refractivity contribution in [1.82, 2.24) is 14.6 Å². The average Bonchev–Trinajstić information content (AvgIpc) is 2.67. The molecule has 1 aliphatic rings. The first-order valence-corrected chi connectivity index (χ1v) is 11.4. The van der Waals surface area contributed by atoms with Gasteiger partial charge >= 0.3 is 0 Å². The monoisotopic (exact) mass is 476 g/mol. The van der Waals surface area contributed by atoms with Gasteiger partial charge in [-0.15, -0.1) is 0 Å². The second-order valence-electron chi connectivity index (χ2n) is 6.57. The molecule has 7 nitrogen and oxygen atoms in total. The summed E-state index contributed by atoms with van der Waals surface area (Å²) in [4.78, 5) is 20.6. The molecule has 156 valence electrons. The van der Waals surface area contributed by atoms with Crippen molar-refractivity contribution in [3.63, 3.8) is 0 Å². The van der Waals surface area contributed by atoms with Gasteiger partial charge in [-0.2, -0.15) is 4.72 Å². The number of benzene rings is 1. The second kappa shape index (κ2) is 9.06. The Balaban J connectivity index is 1.60. The average molecular weight is 478 g/mol. The number of halogens is 3. The van der Waals surface area contributed by atoms with Crippen LogP contribution in [-0.4, -0.2) is 56.4 Å². The number of nitrogens with zero attached hydrogens (tertiary/aromatic N) is 3. The highest BCUT2D eigenvalue weighted by molar-refractivity contribution is 7.89. The minimum absolute atomic E-state index is 0.0508. The molecular weight excluding hydrogens is 459 g/mol. The minimum Gasteiger partial charge on any atom is -0.352 e. The molecule has 0 radical (unpaired) electrons. The lowest BCUT2D eigenvalue weighted by Gasteiger charge is -2.36. The maximum Gasteiger partial charge on any atom is 0.241 e. The van der Waals surface area contributed by atoms with Crippen LogP contribution in [-0.2, 0) is 14.8 Å². The molecule has 2 aromatic rings. The Morgan fingerprint density at radius 3 is 2.28 bits per heavy atom. The Bertz CT molecular complexity index is 994. The van der Waals surface area contributed by atoms with Gasteiger partial charge < -0.3 is 9.80 Å². The third kappa shape index (κ3) is 5.32. The highest BCUT2D eigenvalue weighted by Crippen LogP contribution is 2.26. The first-order chi connectivity index (χ1) is 13.7. The SMILES string of the molecule is C[C@H](NS(=O)(=O)c1ccc(Cl)cc1)C(=O)N1CCN(c2ncc(Cl)cc2Cl)CC1. The maximum absolute atomic E-state index is 12.7. The van der Waals surface area contributed by atoms with Crippen molar-refractivity contribution >= 4 is 56.6 Å². The van der Waals surface area contributed by atoms with E-state index in [4.69, 9.17) is 34.8 Å². The summed E-state index contributed by atoms with van der Waals surface area (Å²) in [6.45, 7) is 3.42. The fourth-order valence-corrected chi connectivity index (χ4v) is 4.84. The van der Waals surface area contributed by atoms with Crippen LogP contribution in [0.4, 0.5) is 5.82 Å². The minimum atomic E-state index is -3.83. The second-order valence-corrected chi connectivity index (χ2v) is 9.56. The topological polar surface area (TPSA) is 82.6 Å². The van der Waals surface area contributed by atoms with Crippen molar-refractivity contribution in [1.29, 1.82) is 0 Å². The van der Waals surface area contributed by atoms with Crippen LogP contribution in [0.15, 0.2) is 41.4 Å². The van der Waals surface area contributed by atoms with Gasteiger partial charge in [-0.05, 0) is 37.3 Å². The zero-order valence-electron chi connectivity index (χ0n) is 15.5. The number of nitrogens with one attached hydrogen (secondary N) is 1. The van der Waals surface area contributed by atoms with E-state index < -0.39 is 16.1 Å². The summed E-state index contributed by atoms with van der Waals surface area (Å²) in [7, 11) is -3.83. The van der Waals surface area contributed by atoms with E-state index in [2.05, 4.69) is 9.71 Å². The molecule has 0 saturated carbocycles. The summed E-state index contributed by atoms with van der Waals surface area (Å²) in [6.07, 6.45) is 1.52. The van der Waals surface area contributed by atoms with Crippen molar-refractivity contribution in [2.45, 2.75) is 17.9 Å². The molecule has 11 heteroatoms. The van der Waals surface area contributed by atoms with E-state index in [1.165, 1.54) is 37.4 Å². The normalized spacial score (nSPS) is 16.0. The van der Waals surface area contributed by atoms with E-state index in [9.17, 15) is 13.2 Å². The molecule has 1 saturated heterocycles. The first kappa shape index (κ1) is 22.1. The lowest BCUT2D eigenvalue weighted by molar-refractivity contribution is -0.132. The van der Waals surface area contributed by atoms with Crippen molar-refractivity contribution in [3.8, 4) is 0 Å². The van der Waals surface area contributed by atoms with Crippen LogP contribution in [0.5, 0.6) is 0 Å². The Kier molecular flexibility index (Phi) is 6.90. The van der Waals surface area contributed by atoms with Crippen molar-refractivity contribution < 1.29 is 13.2 Å². The first-order valence-electron chi connectivity index (χ1n) is 8.80. The van der Waals surface area contributed by atoms with Crippen molar-refractivity contribution in [2.75, 3.05) is 31.1 Å². The standard InChI is InChI=1S/C18H19Cl3N4O3S/c1-12(23-29(27,28)15-4-2-13(19)3-5-15)18(26)25-8-6-24(7-9-25)17-16(21)10-14(20)11-22-17/h2-5,10-12,23H,6-9H2,1H3/t12-/m0/s1. The third-order valence-corrected chi connectivity index (χ3v) is 6.80. The van der Waals surface area contributed by atoms with Gasteiger partial charge in [0.05, 0.1) is 21.0 Å². The molecule has 1 aromatic carbocycles. The summed E-state index contributed by atoms with van der Waals surface area (Å²) in [5.41, 5.74) is 0. The lowest BCUT2D eigenvalue weighted by atomic mass is 10.2. The zero-order valence-corrected chi connectivity index (χ0v) is 18.6. The number of sulfonamides is 1. The summed E-state index contributed by atoms with van der Waals surface area (Å²) < 4.78 is 27.4. The molecule has 1 amide bonds. The van der Waals surface area contributed by atoms with Gasteiger partial charge in [0.25, 0.3) is 0 Å². The molecule has 29 heavy (non-hydrogen) atoms. The van der Waals surface area contributed by atoms with Crippen LogP contribution in [0.3, 0.4) is 0 Å². The lowest BCUT2D eigenvalue weighted by Crippen LogP contribution is -2.54. The van der Waals surface area contributed by atoms with E-state index in [1.807, 2.05) is 4.90 Å². The van der Waals surface area contributed by atoms with E-state index >= 15 is 0 Å². The molecule has 0 bridgehead atoms. The number of carbonyl (C=O) groups is 1. The highest BCUT2D eigenvalue weighted by atomic mass is 35.5. The Labute approximate surface area is 184 Å². The van der Waals surface area contributed by atoms with Gasteiger partial charge in [0.15, 0.2) is 0 Å². The molecular formula is C18H19Cl3N4O3S. The smallest absolute Gasteiger partial charge is 0.241 e. The summed E-state index contributed by atoms with van der Waals surface area (Å²) in [5, 5.41) is 1.33. The number of anilines is 1. The molecule has 1 atom stereocenters. The van der Waals surface area contributed by atoms with Gasteiger partial charge in [-0.3, -0.25) is 4.79 Å². The van der Waals surface area contributed by atoms with Gasteiger partial charge in [-0.25, -0.2) is 13.4 Å². The number of pyridine rings is 1. The number of rotatable bonds is 5. The predicted octanol–water partition coefficient (Wildman–Crippen LogP) is 3.06. The maximum atomic E-state index is 12.7. The number of hydrogen-bond acceptors (Lipinski definition) is 5. The molecule has 1 N–H and O–H groups in total. The Hall–Kier alpha value is -1.58. The van der Waals surface area contributed by atoms with Crippen LogP contribution in [0, 0.1) is 0 Å². The van der Waals surface area contributed by atoms with Gasteiger partial charge in [0, 0.05) is 37.4 Å². The van der Waals surface area contributed by atoms with Crippen LogP contribution in [0.2, 0.25) is 15.1 Å². The van der Waals surface area contributed by atoms with Crippen molar-refractivity contribution in [2.24, 2.45) is 0 Å². The van der Waals surface area contributed by atoms with E-state index in [0.717, 1.165) is 0 Å². The summed E-state index contributed by atoms with van der Waals surface area (Å²) in [6, 6.07) is 6.47. The zero-order chi connectivity index (χ0) is 21.2. The Morgan fingerprint density at radius 2 is 1.69 bits per heavy atom. The van der Waals surface area contributed by atoms with Gasteiger partial charge in [0.2, 0.25) is 15.9 Å². The van der Waals surface area contributed by atoms with Crippen molar-refractivity contribution in [3.05, 3.63) is 51.6 Å². The highest BCUT2D eigenvalue weighted by Gasteiger charge is 2.29. The van der Waals surface area contributed by atoms with E-state index in [-0.39, 0.29) is 10.8 Å². The summed E-state index contributed by atoms with van der Waals surface area (Å²) in [5.74, 6) is 0.317. The van der Waals surface area contributed by atoms with Crippen LogP contribution >= 0.6 is 34.8 Å². The van der Waals surface area contributed by atoms with Gasteiger partial charge in [-0.1, -0.05) is 34.8 Å². The van der Waals surface area contributed by atoms with Crippen LogP contribution in [0.1, 0.15) is 6.92 Å². The molecule has 0 aliphatic carbocycles. The quantitative estimate of drug-likeness (QED) is 0.716. The predicted molar refractivity (Wildman–Crippen MR) is 114 cm³/mol. The molecule has 3 rings (SSSR count). The number of amides is 1.